The van der Waals surface area contributed by atoms with Crippen LogP contribution in [0.15, 0.2) is 29.2 Å². The smallest absolute Gasteiger partial charge is 0.251 e. The second-order valence-corrected chi connectivity index (χ2v) is 8.31. The highest BCUT2D eigenvalue weighted by molar-refractivity contribution is 7.89. The SMILES string of the molecule is CCC(C)NS(=O)(=O)c1ccc(C(=O)NC2(CN)CCCC2)cc1. The maximum atomic E-state index is 12.4. The summed E-state index contributed by atoms with van der Waals surface area (Å²) in [4.78, 5) is 12.6. The quantitative estimate of drug-likeness (QED) is 0.695. The summed E-state index contributed by atoms with van der Waals surface area (Å²) in [6, 6.07) is 5.87. The van der Waals surface area contributed by atoms with Gasteiger partial charge in [-0.05, 0) is 50.5 Å². The van der Waals surface area contributed by atoms with E-state index in [9.17, 15) is 13.2 Å². The summed E-state index contributed by atoms with van der Waals surface area (Å²) < 4.78 is 27.1. The lowest BCUT2D eigenvalue weighted by Crippen LogP contribution is -2.51. The summed E-state index contributed by atoms with van der Waals surface area (Å²) >= 11 is 0. The van der Waals surface area contributed by atoms with Gasteiger partial charge in [0.25, 0.3) is 5.91 Å². The van der Waals surface area contributed by atoms with E-state index in [-0.39, 0.29) is 22.4 Å². The summed E-state index contributed by atoms with van der Waals surface area (Å²) in [5, 5.41) is 3.03. The molecule has 7 heteroatoms. The fourth-order valence-corrected chi connectivity index (χ4v) is 4.27. The second-order valence-electron chi connectivity index (χ2n) is 6.60. The Labute approximate surface area is 144 Å². The predicted octanol–water partition coefficient (Wildman–Crippen LogP) is 1.76. The van der Waals surface area contributed by atoms with Crippen molar-refractivity contribution in [1.82, 2.24) is 10.0 Å². The fraction of sp³-hybridized carbons (Fsp3) is 0.588. The van der Waals surface area contributed by atoms with Crippen LogP contribution in [-0.4, -0.2) is 32.5 Å². The van der Waals surface area contributed by atoms with E-state index in [1.54, 1.807) is 12.1 Å². The van der Waals surface area contributed by atoms with Crippen molar-refractivity contribution < 1.29 is 13.2 Å². The maximum absolute atomic E-state index is 12.4. The van der Waals surface area contributed by atoms with Crippen molar-refractivity contribution in [1.29, 1.82) is 0 Å². The van der Waals surface area contributed by atoms with Crippen LogP contribution in [-0.2, 0) is 10.0 Å². The van der Waals surface area contributed by atoms with Crippen molar-refractivity contribution >= 4 is 15.9 Å². The van der Waals surface area contributed by atoms with Gasteiger partial charge < -0.3 is 11.1 Å². The van der Waals surface area contributed by atoms with Crippen molar-refractivity contribution in [3.63, 3.8) is 0 Å². The van der Waals surface area contributed by atoms with Gasteiger partial charge >= 0.3 is 0 Å². The highest BCUT2D eigenvalue weighted by Gasteiger charge is 2.34. The van der Waals surface area contributed by atoms with Crippen LogP contribution in [0.1, 0.15) is 56.3 Å². The monoisotopic (exact) mass is 353 g/mol. The van der Waals surface area contributed by atoms with E-state index in [0.717, 1.165) is 25.7 Å². The first-order chi connectivity index (χ1) is 11.3. The third-order valence-electron chi connectivity index (χ3n) is 4.73. The minimum absolute atomic E-state index is 0.134. The van der Waals surface area contributed by atoms with Crippen LogP contribution in [0.25, 0.3) is 0 Å². The molecule has 1 amide bonds. The zero-order chi connectivity index (χ0) is 17.8. The summed E-state index contributed by atoms with van der Waals surface area (Å²) in [7, 11) is -3.55. The summed E-state index contributed by atoms with van der Waals surface area (Å²) in [5.41, 5.74) is 5.96. The molecular weight excluding hydrogens is 326 g/mol. The van der Waals surface area contributed by atoms with Crippen LogP contribution < -0.4 is 15.8 Å². The summed E-state index contributed by atoms with van der Waals surface area (Å²) in [6.07, 6.45) is 4.62. The van der Waals surface area contributed by atoms with Crippen molar-refractivity contribution in [2.24, 2.45) is 5.73 Å². The first-order valence-electron chi connectivity index (χ1n) is 8.47. The molecule has 1 unspecified atom stereocenters. The van der Waals surface area contributed by atoms with Crippen LogP contribution in [0.2, 0.25) is 0 Å². The average Bonchev–Trinajstić information content (AvgIpc) is 3.03. The van der Waals surface area contributed by atoms with E-state index in [1.165, 1.54) is 12.1 Å². The van der Waals surface area contributed by atoms with Crippen LogP contribution in [0.3, 0.4) is 0 Å². The lowest BCUT2D eigenvalue weighted by molar-refractivity contribution is 0.0903. The molecule has 1 aromatic rings. The highest BCUT2D eigenvalue weighted by atomic mass is 32.2. The molecule has 2 rings (SSSR count). The standard InChI is InChI=1S/C17H27N3O3S/c1-3-13(2)20-24(22,23)15-8-6-14(7-9-15)16(21)19-17(12-18)10-4-5-11-17/h6-9,13,20H,3-5,10-12,18H2,1-2H3,(H,19,21). The molecule has 1 saturated carbocycles. The molecule has 4 N–H and O–H groups in total. The van der Waals surface area contributed by atoms with E-state index in [1.807, 2.05) is 13.8 Å². The van der Waals surface area contributed by atoms with Gasteiger partial charge in [-0.3, -0.25) is 4.79 Å². The number of hydrogen-bond donors (Lipinski definition) is 3. The van der Waals surface area contributed by atoms with Gasteiger partial charge in [0.1, 0.15) is 0 Å². The van der Waals surface area contributed by atoms with Gasteiger partial charge in [-0.15, -0.1) is 0 Å². The largest absolute Gasteiger partial charge is 0.345 e. The molecule has 0 radical (unpaired) electrons. The van der Waals surface area contributed by atoms with Crippen LogP contribution in [0.4, 0.5) is 0 Å². The Morgan fingerprint density at radius 1 is 1.25 bits per heavy atom. The third kappa shape index (κ3) is 4.34. The zero-order valence-corrected chi connectivity index (χ0v) is 15.2. The van der Waals surface area contributed by atoms with E-state index < -0.39 is 10.0 Å². The van der Waals surface area contributed by atoms with E-state index in [0.29, 0.717) is 18.5 Å². The third-order valence-corrected chi connectivity index (χ3v) is 6.33. The molecular formula is C17H27N3O3S. The van der Waals surface area contributed by atoms with Crippen LogP contribution in [0.5, 0.6) is 0 Å². The molecule has 0 aliphatic heterocycles. The Balaban J connectivity index is 2.10. The first kappa shape index (κ1) is 18.9. The molecule has 134 valence electrons. The molecule has 0 bridgehead atoms. The molecule has 0 saturated heterocycles. The Hall–Kier alpha value is -1.44. The first-order valence-corrected chi connectivity index (χ1v) is 9.95. The lowest BCUT2D eigenvalue weighted by atomic mass is 9.97. The van der Waals surface area contributed by atoms with Gasteiger partial charge in [-0.2, -0.15) is 0 Å². The van der Waals surface area contributed by atoms with Crippen molar-refractivity contribution in [3.8, 4) is 0 Å². The number of benzene rings is 1. The summed E-state index contributed by atoms with van der Waals surface area (Å²) in [6.45, 7) is 4.15. The van der Waals surface area contributed by atoms with Gasteiger partial charge in [0.05, 0.1) is 10.4 Å². The van der Waals surface area contributed by atoms with E-state index in [4.69, 9.17) is 5.73 Å². The lowest BCUT2D eigenvalue weighted by Gasteiger charge is -2.28. The number of rotatable bonds is 7. The van der Waals surface area contributed by atoms with Gasteiger partial charge in [0.2, 0.25) is 10.0 Å². The van der Waals surface area contributed by atoms with Gasteiger partial charge in [0.15, 0.2) is 0 Å². The predicted molar refractivity (Wildman–Crippen MR) is 94.2 cm³/mol. The minimum Gasteiger partial charge on any atom is -0.345 e. The second kappa shape index (κ2) is 7.63. The molecule has 24 heavy (non-hydrogen) atoms. The van der Waals surface area contributed by atoms with Crippen molar-refractivity contribution in [2.45, 2.75) is 62.4 Å². The Bertz CT molecular complexity index is 665. The number of carbonyl (C=O) groups excluding carboxylic acids is 1. The van der Waals surface area contributed by atoms with E-state index in [2.05, 4.69) is 10.0 Å². The van der Waals surface area contributed by atoms with Crippen LogP contribution in [0, 0.1) is 0 Å². The molecule has 1 aromatic carbocycles. The maximum Gasteiger partial charge on any atom is 0.251 e. The fourth-order valence-electron chi connectivity index (χ4n) is 2.95. The van der Waals surface area contributed by atoms with Crippen LogP contribution >= 0.6 is 0 Å². The Morgan fingerprint density at radius 2 is 1.83 bits per heavy atom. The number of nitrogens with one attached hydrogen (secondary N) is 2. The topological polar surface area (TPSA) is 101 Å². The normalized spacial score (nSPS) is 18.3. The average molecular weight is 353 g/mol. The zero-order valence-electron chi connectivity index (χ0n) is 14.3. The number of hydrogen-bond acceptors (Lipinski definition) is 4. The van der Waals surface area contributed by atoms with E-state index >= 15 is 0 Å². The Kier molecular flexibility index (Phi) is 6.01. The molecule has 1 fully saturated rings. The number of carbonyl (C=O) groups is 1. The highest BCUT2D eigenvalue weighted by Crippen LogP contribution is 2.29. The molecule has 0 aromatic heterocycles. The summed E-state index contributed by atoms with van der Waals surface area (Å²) in [5.74, 6) is -0.207. The number of amides is 1. The molecule has 1 aliphatic rings. The molecule has 6 nitrogen and oxygen atoms in total. The van der Waals surface area contributed by atoms with Gasteiger partial charge in [-0.1, -0.05) is 19.8 Å². The number of nitrogens with two attached hydrogens (primary N) is 1. The minimum atomic E-state index is -3.55. The number of sulfonamides is 1. The van der Waals surface area contributed by atoms with Crippen molar-refractivity contribution in [2.75, 3.05) is 6.54 Å². The molecule has 1 atom stereocenters. The molecule has 0 heterocycles. The Morgan fingerprint density at radius 3 is 2.33 bits per heavy atom. The van der Waals surface area contributed by atoms with Gasteiger partial charge in [0, 0.05) is 18.2 Å². The van der Waals surface area contributed by atoms with Crippen molar-refractivity contribution in [3.05, 3.63) is 29.8 Å². The molecule has 1 aliphatic carbocycles. The van der Waals surface area contributed by atoms with Gasteiger partial charge in [-0.25, -0.2) is 13.1 Å². The molecule has 0 spiro atoms.